The minimum absolute atomic E-state index is 0.0381. The van der Waals surface area contributed by atoms with Crippen LogP contribution in [0.15, 0.2) is 27.0 Å². The van der Waals surface area contributed by atoms with Crippen LogP contribution in [0, 0.1) is 11.3 Å². The molecule has 0 aromatic rings. The molecule has 3 heteroatoms. The van der Waals surface area contributed by atoms with Crippen molar-refractivity contribution in [2.24, 2.45) is 26.5 Å². The highest BCUT2D eigenvalue weighted by atomic mass is 15.2. The lowest BCUT2D eigenvalue weighted by molar-refractivity contribution is 0.509. The lowest BCUT2D eigenvalue weighted by Crippen LogP contribution is -2.25. The molecule has 0 aliphatic carbocycles. The van der Waals surface area contributed by atoms with E-state index >= 15 is 0 Å². The molecule has 0 amide bonds. The quantitative estimate of drug-likeness (QED) is 0.564. The van der Waals surface area contributed by atoms with Gasteiger partial charge in [0.25, 0.3) is 0 Å². The second kappa shape index (κ2) is 4.31. The van der Waals surface area contributed by atoms with Crippen LogP contribution in [0.2, 0.25) is 0 Å². The van der Waals surface area contributed by atoms with Gasteiger partial charge in [-0.25, -0.2) is 0 Å². The highest BCUT2D eigenvalue weighted by Crippen LogP contribution is 2.35. The number of rotatable bonds is 0. The fourth-order valence-electron chi connectivity index (χ4n) is 1.39. The summed E-state index contributed by atoms with van der Waals surface area (Å²) in [4.78, 5) is 4.32. The first-order valence-electron chi connectivity index (χ1n) is 5.05. The first-order chi connectivity index (χ1) is 6.72. The van der Waals surface area contributed by atoms with Gasteiger partial charge in [-0.2, -0.15) is 10.2 Å². The van der Waals surface area contributed by atoms with E-state index < -0.39 is 0 Å². The van der Waals surface area contributed by atoms with Gasteiger partial charge in [0.2, 0.25) is 0 Å². The zero-order chi connectivity index (χ0) is 10.6. The van der Waals surface area contributed by atoms with E-state index in [4.69, 9.17) is 0 Å². The molecular weight excluding hydrogens is 174 g/mol. The fraction of sp³-hybridized carbons (Fsp3) is 0.545. The van der Waals surface area contributed by atoms with E-state index in [1.54, 1.807) is 6.21 Å². The Labute approximate surface area is 85.3 Å². The monoisotopic (exact) mass is 191 g/mol. The molecule has 2 aliphatic heterocycles. The van der Waals surface area contributed by atoms with E-state index in [1.165, 1.54) is 0 Å². The molecular formula is C11H17N3. The molecule has 0 saturated heterocycles. The number of hydrogen-bond donors (Lipinski definition) is 0. The molecule has 3 nitrogen and oxygen atoms in total. The Balaban J connectivity index is 0.000000461. The molecule has 2 aliphatic rings. The standard InChI is InChI=1S/C9H11N3.C2H6/c1-7-8-3-4-11-12-6-9(7,2)5-10-8;1-2/h3-7H,1-2H3;1-2H3/b8-3+,11-4-,12-6?;. The number of aliphatic imine (C=N–C) groups is 1. The highest BCUT2D eigenvalue weighted by molar-refractivity contribution is 5.93. The summed E-state index contributed by atoms with van der Waals surface area (Å²) in [6.07, 6.45) is 7.41. The molecule has 0 N–H and O–H groups in total. The normalized spacial score (nSPS) is 38.9. The average Bonchev–Trinajstić information content (AvgIpc) is 2.53. The van der Waals surface area contributed by atoms with Crippen LogP contribution in [0.4, 0.5) is 0 Å². The summed E-state index contributed by atoms with van der Waals surface area (Å²) in [5, 5.41) is 7.78. The third-order valence-electron chi connectivity index (χ3n) is 2.58. The van der Waals surface area contributed by atoms with Crippen molar-refractivity contribution in [2.45, 2.75) is 27.7 Å². The van der Waals surface area contributed by atoms with Crippen molar-refractivity contribution in [1.29, 1.82) is 0 Å². The second-order valence-corrected chi connectivity index (χ2v) is 3.45. The molecule has 0 aromatic heterocycles. The van der Waals surface area contributed by atoms with Gasteiger partial charge in [-0.1, -0.05) is 20.8 Å². The van der Waals surface area contributed by atoms with Crippen LogP contribution in [-0.2, 0) is 0 Å². The number of fused-ring (bicyclic) bond motifs is 2. The van der Waals surface area contributed by atoms with Crippen molar-refractivity contribution in [3.05, 3.63) is 11.8 Å². The van der Waals surface area contributed by atoms with Gasteiger partial charge in [0.15, 0.2) is 0 Å². The first-order valence-corrected chi connectivity index (χ1v) is 5.05. The van der Waals surface area contributed by atoms with Gasteiger partial charge < -0.3 is 0 Å². The zero-order valence-corrected chi connectivity index (χ0v) is 9.23. The lowest BCUT2D eigenvalue weighted by Gasteiger charge is -2.21. The molecule has 2 atom stereocenters. The summed E-state index contributed by atoms with van der Waals surface area (Å²) >= 11 is 0. The van der Waals surface area contributed by atoms with Gasteiger partial charge in [-0.05, 0) is 13.0 Å². The van der Waals surface area contributed by atoms with E-state index in [0.29, 0.717) is 5.92 Å². The summed E-state index contributed by atoms with van der Waals surface area (Å²) in [6.45, 7) is 8.27. The van der Waals surface area contributed by atoms with Crippen LogP contribution < -0.4 is 0 Å². The average molecular weight is 191 g/mol. The largest absolute Gasteiger partial charge is 0.264 e. The van der Waals surface area contributed by atoms with Gasteiger partial charge in [0, 0.05) is 29.5 Å². The van der Waals surface area contributed by atoms with Gasteiger partial charge in [-0.3, -0.25) is 4.99 Å². The highest BCUT2D eigenvalue weighted by Gasteiger charge is 2.35. The van der Waals surface area contributed by atoms with E-state index in [2.05, 4.69) is 29.0 Å². The van der Waals surface area contributed by atoms with Crippen molar-refractivity contribution >= 4 is 18.6 Å². The van der Waals surface area contributed by atoms with E-state index in [0.717, 1.165) is 5.70 Å². The Morgan fingerprint density at radius 3 is 2.64 bits per heavy atom. The molecule has 0 radical (unpaired) electrons. The maximum Gasteiger partial charge on any atom is 0.0513 e. The van der Waals surface area contributed by atoms with Crippen LogP contribution >= 0.6 is 0 Å². The van der Waals surface area contributed by atoms with Gasteiger partial charge in [-0.15, -0.1) is 0 Å². The Morgan fingerprint density at radius 1 is 1.21 bits per heavy atom. The number of hydrogen-bond acceptors (Lipinski definition) is 3. The molecule has 2 rings (SSSR count). The number of allylic oxidation sites excluding steroid dienone is 2. The fourth-order valence-corrected chi connectivity index (χ4v) is 1.39. The summed E-state index contributed by atoms with van der Waals surface area (Å²) in [6, 6.07) is 0. The van der Waals surface area contributed by atoms with E-state index in [1.807, 2.05) is 32.4 Å². The Hall–Kier alpha value is -1.25. The Morgan fingerprint density at radius 2 is 1.93 bits per heavy atom. The summed E-state index contributed by atoms with van der Waals surface area (Å²) in [7, 11) is 0. The SMILES string of the molecule is CC.CC1/C2=C\C=N/N=CC1(C)C=N2. The smallest absolute Gasteiger partial charge is 0.0513 e. The third-order valence-corrected chi connectivity index (χ3v) is 2.58. The minimum Gasteiger partial charge on any atom is -0.264 e. The van der Waals surface area contributed by atoms with Crippen LogP contribution in [0.3, 0.4) is 0 Å². The molecule has 0 aromatic carbocycles. The van der Waals surface area contributed by atoms with Crippen molar-refractivity contribution in [1.82, 2.24) is 0 Å². The second-order valence-electron chi connectivity index (χ2n) is 3.45. The molecule has 2 heterocycles. The van der Waals surface area contributed by atoms with Crippen molar-refractivity contribution in [3.8, 4) is 0 Å². The molecule has 0 fully saturated rings. The van der Waals surface area contributed by atoms with Gasteiger partial charge >= 0.3 is 0 Å². The molecule has 76 valence electrons. The summed E-state index contributed by atoms with van der Waals surface area (Å²) in [5.74, 6) is 0.410. The minimum atomic E-state index is -0.0381. The number of nitrogens with zero attached hydrogens (tertiary/aromatic N) is 3. The molecule has 2 bridgehead atoms. The topological polar surface area (TPSA) is 37.1 Å². The van der Waals surface area contributed by atoms with Crippen LogP contribution in [0.25, 0.3) is 0 Å². The first kappa shape index (κ1) is 10.8. The zero-order valence-electron chi connectivity index (χ0n) is 9.23. The van der Waals surface area contributed by atoms with Crippen molar-refractivity contribution < 1.29 is 0 Å². The van der Waals surface area contributed by atoms with Crippen LogP contribution in [-0.4, -0.2) is 18.6 Å². The van der Waals surface area contributed by atoms with Gasteiger partial charge in [0.05, 0.1) is 6.21 Å². The third kappa shape index (κ3) is 1.81. The predicted molar refractivity (Wildman–Crippen MR) is 62.2 cm³/mol. The van der Waals surface area contributed by atoms with Gasteiger partial charge in [0.1, 0.15) is 0 Å². The maximum atomic E-state index is 4.32. The van der Waals surface area contributed by atoms with E-state index in [9.17, 15) is 0 Å². The molecule has 0 saturated carbocycles. The predicted octanol–water partition coefficient (Wildman–Crippen LogP) is 2.69. The summed E-state index contributed by atoms with van der Waals surface area (Å²) < 4.78 is 0. The van der Waals surface area contributed by atoms with Crippen molar-refractivity contribution in [3.63, 3.8) is 0 Å². The van der Waals surface area contributed by atoms with E-state index in [-0.39, 0.29) is 5.41 Å². The summed E-state index contributed by atoms with van der Waals surface area (Å²) in [5.41, 5.74) is 1.05. The Kier molecular flexibility index (Phi) is 3.33. The van der Waals surface area contributed by atoms with Crippen molar-refractivity contribution in [2.75, 3.05) is 0 Å². The molecule has 14 heavy (non-hydrogen) atoms. The van der Waals surface area contributed by atoms with Crippen LogP contribution in [0.5, 0.6) is 0 Å². The Bertz CT molecular complexity index is 312. The molecule has 0 spiro atoms. The van der Waals surface area contributed by atoms with Crippen LogP contribution in [0.1, 0.15) is 27.7 Å². The molecule has 2 unspecified atom stereocenters. The maximum absolute atomic E-state index is 4.32. The lowest BCUT2D eigenvalue weighted by atomic mass is 9.81.